The highest BCUT2D eigenvalue weighted by molar-refractivity contribution is 5.86. The summed E-state index contributed by atoms with van der Waals surface area (Å²) in [6.45, 7) is 1.81. The molecule has 0 aromatic carbocycles. The Bertz CT molecular complexity index is 289. The van der Waals surface area contributed by atoms with E-state index in [0.29, 0.717) is 19.4 Å². The Morgan fingerprint density at radius 1 is 1.56 bits per heavy atom. The predicted molar refractivity (Wildman–Crippen MR) is 59.9 cm³/mol. The summed E-state index contributed by atoms with van der Waals surface area (Å²) in [5.74, 6) is -0.454. The van der Waals surface area contributed by atoms with Crippen molar-refractivity contribution < 1.29 is 23.1 Å². The van der Waals surface area contributed by atoms with Crippen molar-refractivity contribution in [1.29, 1.82) is 0 Å². The molecule has 106 valence electrons. The molecule has 1 fully saturated rings. The third kappa shape index (κ3) is 3.58. The lowest BCUT2D eigenvalue weighted by Gasteiger charge is -2.28. The maximum atomic E-state index is 12.1. The SMILES string of the molecule is CCCC1(C(=O)NCC(O)C(F)(F)F)CCCN1. The van der Waals surface area contributed by atoms with Gasteiger partial charge in [-0.15, -0.1) is 0 Å². The molecular weight excluding hydrogens is 249 g/mol. The van der Waals surface area contributed by atoms with E-state index < -0.39 is 30.3 Å². The van der Waals surface area contributed by atoms with Gasteiger partial charge in [0.2, 0.25) is 5.91 Å². The molecule has 3 N–H and O–H groups in total. The summed E-state index contributed by atoms with van der Waals surface area (Å²) in [7, 11) is 0. The fraction of sp³-hybridized carbons (Fsp3) is 0.909. The highest BCUT2D eigenvalue weighted by Gasteiger charge is 2.42. The van der Waals surface area contributed by atoms with E-state index in [1.54, 1.807) is 0 Å². The minimum Gasteiger partial charge on any atom is -0.382 e. The zero-order valence-electron chi connectivity index (χ0n) is 10.3. The lowest BCUT2D eigenvalue weighted by molar-refractivity contribution is -0.202. The van der Waals surface area contributed by atoms with Crippen molar-refractivity contribution in [2.45, 2.75) is 50.4 Å². The van der Waals surface area contributed by atoms with Crippen molar-refractivity contribution in [3.8, 4) is 0 Å². The molecule has 0 spiro atoms. The maximum Gasteiger partial charge on any atom is 0.416 e. The number of hydrogen-bond donors (Lipinski definition) is 3. The molecule has 1 aliphatic rings. The minimum atomic E-state index is -4.70. The van der Waals surface area contributed by atoms with Gasteiger partial charge in [-0.2, -0.15) is 13.2 Å². The standard InChI is InChI=1S/C11H19F3N2O2/c1-2-4-10(5-3-6-16-10)9(18)15-7-8(17)11(12,13)14/h8,16-17H,2-7H2,1H3,(H,15,18). The van der Waals surface area contributed by atoms with Gasteiger partial charge in [0.15, 0.2) is 6.10 Å². The number of carbonyl (C=O) groups is 1. The number of aliphatic hydroxyl groups is 1. The zero-order valence-corrected chi connectivity index (χ0v) is 10.3. The van der Waals surface area contributed by atoms with Crippen molar-refractivity contribution in [3.05, 3.63) is 0 Å². The highest BCUT2D eigenvalue weighted by atomic mass is 19.4. The Labute approximate surface area is 104 Å². The number of carbonyl (C=O) groups excluding carboxylic acids is 1. The fourth-order valence-corrected chi connectivity index (χ4v) is 2.23. The summed E-state index contributed by atoms with van der Waals surface area (Å²) < 4.78 is 36.3. The molecular formula is C11H19F3N2O2. The average Bonchev–Trinajstić information content (AvgIpc) is 2.74. The molecule has 1 heterocycles. The first kappa shape index (κ1) is 15.2. The molecule has 0 aliphatic carbocycles. The number of rotatable bonds is 5. The lowest BCUT2D eigenvalue weighted by atomic mass is 9.91. The van der Waals surface area contributed by atoms with E-state index in [0.717, 1.165) is 12.8 Å². The normalized spacial score (nSPS) is 26.1. The van der Waals surface area contributed by atoms with E-state index in [1.165, 1.54) is 0 Å². The summed E-state index contributed by atoms with van der Waals surface area (Å²) in [6, 6.07) is 0. The van der Waals surface area contributed by atoms with Crippen LogP contribution >= 0.6 is 0 Å². The van der Waals surface area contributed by atoms with Crippen LogP contribution in [0.15, 0.2) is 0 Å². The van der Waals surface area contributed by atoms with E-state index in [9.17, 15) is 18.0 Å². The van der Waals surface area contributed by atoms with Gasteiger partial charge >= 0.3 is 6.18 Å². The smallest absolute Gasteiger partial charge is 0.382 e. The first-order chi connectivity index (χ1) is 8.32. The van der Waals surface area contributed by atoms with Gasteiger partial charge in [-0.05, 0) is 25.8 Å². The Morgan fingerprint density at radius 3 is 2.67 bits per heavy atom. The predicted octanol–water partition coefficient (Wildman–Crippen LogP) is 0.948. The van der Waals surface area contributed by atoms with Crippen molar-refractivity contribution >= 4 is 5.91 Å². The topological polar surface area (TPSA) is 61.4 Å². The van der Waals surface area contributed by atoms with Crippen LogP contribution in [0, 0.1) is 0 Å². The molecule has 2 atom stereocenters. The maximum absolute atomic E-state index is 12.1. The second-order valence-electron chi connectivity index (χ2n) is 4.63. The van der Waals surface area contributed by atoms with Gasteiger partial charge in [0.1, 0.15) is 0 Å². The number of amides is 1. The Balaban J connectivity index is 2.53. The van der Waals surface area contributed by atoms with Crippen LogP contribution in [0.5, 0.6) is 0 Å². The van der Waals surface area contributed by atoms with Crippen LogP contribution in [0.4, 0.5) is 13.2 Å². The Hall–Kier alpha value is -0.820. The monoisotopic (exact) mass is 268 g/mol. The number of alkyl halides is 3. The third-order valence-electron chi connectivity index (χ3n) is 3.19. The van der Waals surface area contributed by atoms with Crippen LogP contribution in [-0.2, 0) is 4.79 Å². The molecule has 7 heteroatoms. The van der Waals surface area contributed by atoms with Crippen LogP contribution in [-0.4, -0.2) is 41.9 Å². The van der Waals surface area contributed by atoms with E-state index in [4.69, 9.17) is 5.11 Å². The largest absolute Gasteiger partial charge is 0.416 e. The molecule has 1 aliphatic heterocycles. The van der Waals surface area contributed by atoms with Crippen LogP contribution in [0.1, 0.15) is 32.6 Å². The van der Waals surface area contributed by atoms with Gasteiger partial charge in [0.25, 0.3) is 0 Å². The third-order valence-corrected chi connectivity index (χ3v) is 3.19. The van der Waals surface area contributed by atoms with Crippen molar-refractivity contribution in [3.63, 3.8) is 0 Å². The van der Waals surface area contributed by atoms with Crippen LogP contribution in [0.2, 0.25) is 0 Å². The van der Waals surface area contributed by atoms with Crippen molar-refractivity contribution in [2.24, 2.45) is 0 Å². The molecule has 1 rings (SSSR count). The number of aliphatic hydroxyl groups excluding tert-OH is 1. The number of hydrogen-bond acceptors (Lipinski definition) is 3. The van der Waals surface area contributed by atoms with Crippen LogP contribution in [0.25, 0.3) is 0 Å². The van der Waals surface area contributed by atoms with Crippen LogP contribution < -0.4 is 10.6 Å². The zero-order chi connectivity index (χ0) is 13.8. The van der Waals surface area contributed by atoms with Gasteiger partial charge in [0, 0.05) is 0 Å². The lowest BCUT2D eigenvalue weighted by Crippen LogP contribution is -2.55. The first-order valence-corrected chi connectivity index (χ1v) is 6.10. The first-order valence-electron chi connectivity index (χ1n) is 6.10. The van der Waals surface area contributed by atoms with Crippen molar-refractivity contribution in [1.82, 2.24) is 10.6 Å². The van der Waals surface area contributed by atoms with Gasteiger partial charge in [-0.25, -0.2) is 0 Å². The van der Waals surface area contributed by atoms with Gasteiger partial charge in [-0.3, -0.25) is 4.79 Å². The highest BCUT2D eigenvalue weighted by Crippen LogP contribution is 2.25. The second kappa shape index (κ2) is 5.88. The van der Waals surface area contributed by atoms with Gasteiger partial charge in [-0.1, -0.05) is 13.3 Å². The van der Waals surface area contributed by atoms with Crippen LogP contribution in [0.3, 0.4) is 0 Å². The molecule has 0 saturated carbocycles. The molecule has 1 amide bonds. The molecule has 18 heavy (non-hydrogen) atoms. The molecule has 0 bridgehead atoms. The Kier molecular flexibility index (Phi) is 4.98. The molecule has 0 aromatic heterocycles. The number of nitrogens with one attached hydrogen (secondary N) is 2. The Morgan fingerprint density at radius 2 is 2.22 bits per heavy atom. The molecule has 2 unspecified atom stereocenters. The molecule has 1 saturated heterocycles. The summed E-state index contributed by atoms with van der Waals surface area (Å²) in [5, 5.41) is 14.1. The van der Waals surface area contributed by atoms with Gasteiger partial charge in [0.05, 0.1) is 12.1 Å². The van der Waals surface area contributed by atoms with Gasteiger partial charge < -0.3 is 15.7 Å². The quantitative estimate of drug-likeness (QED) is 0.695. The minimum absolute atomic E-state index is 0.454. The average molecular weight is 268 g/mol. The summed E-state index contributed by atoms with van der Waals surface area (Å²) in [6.07, 6.45) is -4.41. The van der Waals surface area contributed by atoms with E-state index in [1.807, 2.05) is 6.92 Å². The summed E-state index contributed by atoms with van der Waals surface area (Å²) in [5.41, 5.74) is -0.764. The number of halogens is 3. The van der Waals surface area contributed by atoms with E-state index in [2.05, 4.69) is 10.6 Å². The van der Waals surface area contributed by atoms with E-state index >= 15 is 0 Å². The summed E-state index contributed by atoms with van der Waals surface area (Å²) in [4.78, 5) is 11.9. The van der Waals surface area contributed by atoms with E-state index in [-0.39, 0.29) is 0 Å². The molecule has 0 aromatic rings. The summed E-state index contributed by atoms with van der Waals surface area (Å²) >= 11 is 0. The molecule has 4 nitrogen and oxygen atoms in total. The second-order valence-corrected chi connectivity index (χ2v) is 4.63. The van der Waals surface area contributed by atoms with Crippen molar-refractivity contribution in [2.75, 3.05) is 13.1 Å². The molecule has 0 radical (unpaired) electrons. The fourth-order valence-electron chi connectivity index (χ4n) is 2.23.